The molecule has 1 atom stereocenters. The second-order valence-electron chi connectivity index (χ2n) is 4.27. The van der Waals surface area contributed by atoms with Crippen LogP contribution in [-0.4, -0.2) is 12.9 Å². The Bertz CT molecular complexity index is 577. The van der Waals surface area contributed by atoms with Crippen molar-refractivity contribution in [2.24, 2.45) is 5.73 Å². The summed E-state index contributed by atoms with van der Waals surface area (Å²) in [7, 11) is 1.57. The number of benzene rings is 2. The molecule has 2 N–H and O–H groups in total. The second-order valence-corrected chi connectivity index (χ2v) is 5.77. The predicted octanol–water partition coefficient (Wildman–Crippen LogP) is 4.28. The minimum absolute atomic E-state index is 0.142. The lowest BCUT2D eigenvalue weighted by atomic mass is 10.1. The first-order chi connectivity index (χ1) is 9.60. The molecule has 0 aliphatic heterocycles. The van der Waals surface area contributed by atoms with E-state index < -0.39 is 0 Å². The normalized spacial score (nSPS) is 12.2. The van der Waals surface area contributed by atoms with E-state index in [0.717, 1.165) is 10.5 Å². The SMILES string of the molecule is COc1cc(C(N)CSc2ccc(F)cc2)ccc1Cl. The molecule has 0 aliphatic rings. The Kier molecular flexibility index (Phi) is 5.29. The molecule has 2 aromatic rings. The van der Waals surface area contributed by atoms with Gasteiger partial charge in [-0.2, -0.15) is 0 Å². The number of methoxy groups -OCH3 is 1. The van der Waals surface area contributed by atoms with Crippen LogP contribution in [0, 0.1) is 5.82 Å². The molecule has 0 saturated heterocycles. The molecule has 0 bridgehead atoms. The van der Waals surface area contributed by atoms with Crippen LogP contribution in [0.1, 0.15) is 11.6 Å². The van der Waals surface area contributed by atoms with Crippen LogP contribution < -0.4 is 10.5 Å². The van der Waals surface area contributed by atoms with Gasteiger partial charge in [-0.05, 0) is 42.0 Å². The van der Waals surface area contributed by atoms with Gasteiger partial charge in [-0.15, -0.1) is 11.8 Å². The first-order valence-corrected chi connectivity index (χ1v) is 7.44. The highest BCUT2D eigenvalue weighted by atomic mass is 35.5. The third-order valence-electron chi connectivity index (χ3n) is 2.85. The van der Waals surface area contributed by atoms with Crippen molar-refractivity contribution >= 4 is 23.4 Å². The van der Waals surface area contributed by atoms with Gasteiger partial charge in [0.1, 0.15) is 11.6 Å². The van der Waals surface area contributed by atoms with Crippen LogP contribution in [0.4, 0.5) is 4.39 Å². The van der Waals surface area contributed by atoms with Crippen molar-refractivity contribution in [2.75, 3.05) is 12.9 Å². The Morgan fingerprint density at radius 1 is 1.25 bits per heavy atom. The van der Waals surface area contributed by atoms with Crippen molar-refractivity contribution in [1.29, 1.82) is 0 Å². The van der Waals surface area contributed by atoms with Crippen LogP contribution in [0.15, 0.2) is 47.4 Å². The van der Waals surface area contributed by atoms with Crippen LogP contribution in [0.3, 0.4) is 0 Å². The van der Waals surface area contributed by atoms with E-state index in [1.165, 1.54) is 12.1 Å². The average Bonchev–Trinajstić information content (AvgIpc) is 2.47. The number of ether oxygens (including phenoxy) is 1. The van der Waals surface area contributed by atoms with Gasteiger partial charge in [0.25, 0.3) is 0 Å². The molecule has 0 heterocycles. The standard InChI is InChI=1S/C15H15ClFNOS/c1-19-15-8-10(2-7-13(15)16)14(18)9-20-12-5-3-11(17)4-6-12/h2-8,14H,9,18H2,1H3. The molecule has 0 amide bonds. The van der Waals surface area contributed by atoms with Crippen LogP contribution in [0.2, 0.25) is 5.02 Å². The molecule has 1 unspecified atom stereocenters. The molecule has 5 heteroatoms. The number of rotatable bonds is 5. The summed E-state index contributed by atoms with van der Waals surface area (Å²) in [5.41, 5.74) is 7.11. The Labute approximate surface area is 127 Å². The fourth-order valence-corrected chi connectivity index (χ4v) is 2.81. The van der Waals surface area contributed by atoms with Crippen molar-refractivity contribution in [2.45, 2.75) is 10.9 Å². The van der Waals surface area contributed by atoms with Gasteiger partial charge in [0, 0.05) is 16.7 Å². The van der Waals surface area contributed by atoms with Gasteiger partial charge in [0.05, 0.1) is 12.1 Å². The van der Waals surface area contributed by atoms with Gasteiger partial charge in [0.2, 0.25) is 0 Å². The minimum atomic E-state index is -0.235. The Morgan fingerprint density at radius 2 is 1.95 bits per heavy atom. The largest absolute Gasteiger partial charge is 0.495 e. The second kappa shape index (κ2) is 6.97. The molecule has 2 rings (SSSR count). The van der Waals surface area contributed by atoms with Crippen LogP contribution in [0.5, 0.6) is 5.75 Å². The first-order valence-electron chi connectivity index (χ1n) is 6.07. The van der Waals surface area contributed by atoms with E-state index in [1.807, 2.05) is 12.1 Å². The van der Waals surface area contributed by atoms with E-state index in [9.17, 15) is 4.39 Å². The van der Waals surface area contributed by atoms with Gasteiger partial charge >= 0.3 is 0 Å². The fraction of sp³-hybridized carbons (Fsp3) is 0.200. The monoisotopic (exact) mass is 311 g/mol. The van der Waals surface area contributed by atoms with Crippen LogP contribution in [-0.2, 0) is 0 Å². The van der Waals surface area contributed by atoms with E-state index in [-0.39, 0.29) is 11.9 Å². The lowest BCUT2D eigenvalue weighted by Gasteiger charge is -2.13. The molecule has 0 radical (unpaired) electrons. The summed E-state index contributed by atoms with van der Waals surface area (Å²) in [6.45, 7) is 0. The molecular formula is C15H15ClFNOS. The topological polar surface area (TPSA) is 35.2 Å². The maximum atomic E-state index is 12.8. The van der Waals surface area contributed by atoms with E-state index in [1.54, 1.807) is 37.1 Å². The minimum Gasteiger partial charge on any atom is -0.495 e. The van der Waals surface area contributed by atoms with Gasteiger partial charge < -0.3 is 10.5 Å². The lowest BCUT2D eigenvalue weighted by Crippen LogP contribution is -2.13. The summed E-state index contributed by atoms with van der Waals surface area (Å²) >= 11 is 7.57. The summed E-state index contributed by atoms with van der Waals surface area (Å²) in [5, 5.41) is 0.564. The molecule has 0 aromatic heterocycles. The zero-order valence-electron chi connectivity index (χ0n) is 11.0. The van der Waals surface area contributed by atoms with Gasteiger partial charge in [0.15, 0.2) is 0 Å². The smallest absolute Gasteiger partial charge is 0.137 e. The summed E-state index contributed by atoms with van der Waals surface area (Å²) < 4.78 is 18.0. The zero-order valence-corrected chi connectivity index (χ0v) is 12.5. The van der Waals surface area contributed by atoms with Crippen molar-refractivity contribution in [3.05, 3.63) is 58.9 Å². The summed E-state index contributed by atoms with van der Waals surface area (Å²) in [6, 6.07) is 11.7. The summed E-state index contributed by atoms with van der Waals surface area (Å²) in [5.74, 6) is 1.07. The average molecular weight is 312 g/mol. The van der Waals surface area contributed by atoms with Crippen LogP contribution >= 0.6 is 23.4 Å². The highest BCUT2D eigenvalue weighted by molar-refractivity contribution is 7.99. The zero-order chi connectivity index (χ0) is 14.5. The third kappa shape index (κ3) is 3.88. The number of thioether (sulfide) groups is 1. The van der Waals surface area contributed by atoms with E-state index in [2.05, 4.69) is 0 Å². The van der Waals surface area contributed by atoms with Gasteiger partial charge in [-0.25, -0.2) is 4.39 Å². The molecule has 2 nitrogen and oxygen atoms in total. The Balaban J connectivity index is 2.01. The van der Waals surface area contributed by atoms with Crippen molar-refractivity contribution in [3.63, 3.8) is 0 Å². The number of hydrogen-bond acceptors (Lipinski definition) is 3. The molecule has 0 spiro atoms. The lowest BCUT2D eigenvalue weighted by molar-refractivity contribution is 0.414. The summed E-state index contributed by atoms with van der Waals surface area (Å²) in [6.07, 6.45) is 0. The van der Waals surface area contributed by atoms with E-state index >= 15 is 0 Å². The molecule has 0 fully saturated rings. The Morgan fingerprint density at radius 3 is 2.60 bits per heavy atom. The molecule has 0 saturated carbocycles. The maximum Gasteiger partial charge on any atom is 0.137 e. The molecule has 2 aromatic carbocycles. The fourth-order valence-electron chi connectivity index (χ4n) is 1.72. The van der Waals surface area contributed by atoms with Gasteiger partial charge in [-0.1, -0.05) is 17.7 Å². The predicted molar refractivity (Wildman–Crippen MR) is 82.1 cm³/mol. The third-order valence-corrected chi connectivity index (χ3v) is 4.29. The van der Waals surface area contributed by atoms with Crippen molar-refractivity contribution in [1.82, 2.24) is 0 Å². The molecule has 106 valence electrons. The summed E-state index contributed by atoms with van der Waals surface area (Å²) in [4.78, 5) is 0.989. The molecule has 20 heavy (non-hydrogen) atoms. The number of halogens is 2. The quantitative estimate of drug-likeness (QED) is 0.837. The highest BCUT2D eigenvalue weighted by Gasteiger charge is 2.10. The maximum absolute atomic E-state index is 12.8. The van der Waals surface area contributed by atoms with Crippen LogP contribution in [0.25, 0.3) is 0 Å². The van der Waals surface area contributed by atoms with E-state index in [4.69, 9.17) is 22.1 Å². The molecular weight excluding hydrogens is 297 g/mol. The Hall–Kier alpha value is -1.23. The van der Waals surface area contributed by atoms with Crippen molar-refractivity contribution in [3.8, 4) is 5.75 Å². The first kappa shape index (κ1) is 15.2. The van der Waals surface area contributed by atoms with Gasteiger partial charge in [-0.3, -0.25) is 0 Å². The van der Waals surface area contributed by atoms with E-state index in [0.29, 0.717) is 16.5 Å². The highest BCUT2D eigenvalue weighted by Crippen LogP contribution is 2.29. The number of hydrogen-bond donors (Lipinski definition) is 1. The van der Waals surface area contributed by atoms with Crippen molar-refractivity contribution < 1.29 is 9.13 Å². The molecule has 0 aliphatic carbocycles. The number of nitrogens with two attached hydrogens (primary N) is 1.